The molecule has 3 rings (SSSR count). The van der Waals surface area contributed by atoms with Crippen LogP contribution in [-0.4, -0.2) is 36.1 Å². The number of anilines is 1. The summed E-state index contributed by atoms with van der Waals surface area (Å²) in [6.07, 6.45) is 4.63. The lowest BCUT2D eigenvalue weighted by atomic mass is 9.89. The first kappa shape index (κ1) is 13.7. The van der Waals surface area contributed by atoms with Gasteiger partial charge in [-0.1, -0.05) is 24.4 Å². The maximum absolute atomic E-state index is 12.7. The molecule has 1 aromatic carbocycles. The molecule has 2 aliphatic rings. The average Bonchev–Trinajstić information content (AvgIpc) is 2.49. The van der Waals surface area contributed by atoms with E-state index in [9.17, 15) is 4.79 Å². The Morgan fingerprint density at radius 1 is 1.35 bits per heavy atom. The van der Waals surface area contributed by atoms with Gasteiger partial charge in [0.15, 0.2) is 0 Å². The van der Waals surface area contributed by atoms with Crippen molar-refractivity contribution in [3.8, 4) is 0 Å². The van der Waals surface area contributed by atoms with Crippen LogP contribution in [0.1, 0.15) is 36.0 Å². The van der Waals surface area contributed by atoms with Gasteiger partial charge in [-0.3, -0.25) is 4.79 Å². The molecule has 2 fully saturated rings. The Morgan fingerprint density at radius 3 is 2.95 bits per heavy atom. The third-order valence-corrected chi connectivity index (χ3v) is 4.57. The van der Waals surface area contributed by atoms with E-state index in [1.165, 1.54) is 6.42 Å². The van der Waals surface area contributed by atoms with Crippen LogP contribution in [0.3, 0.4) is 0 Å². The SMILES string of the molecule is Nc1ccc(C(=O)N2CCOC3CCCCC32)cc1Cl. The van der Waals surface area contributed by atoms with E-state index in [1.807, 2.05) is 4.90 Å². The molecular formula is C15H19ClN2O2. The molecule has 0 radical (unpaired) electrons. The van der Waals surface area contributed by atoms with Gasteiger partial charge in [0.25, 0.3) is 5.91 Å². The van der Waals surface area contributed by atoms with Crippen molar-refractivity contribution in [1.29, 1.82) is 0 Å². The number of nitrogen functional groups attached to an aromatic ring is 1. The highest BCUT2D eigenvalue weighted by atomic mass is 35.5. The average molecular weight is 295 g/mol. The number of carbonyl (C=O) groups is 1. The number of benzene rings is 1. The molecule has 1 aliphatic carbocycles. The number of amides is 1. The zero-order chi connectivity index (χ0) is 14.1. The monoisotopic (exact) mass is 294 g/mol. The Labute approximate surface area is 123 Å². The minimum absolute atomic E-state index is 0.0344. The van der Waals surface area contributed by atoms with E-state index in [2.05, 4.69) is 0 Å². The molecule has 5 heteroatoms. The van der Waals surface area contributed by atoms with Crippen LogP contribution < -0.4 is 5.73 Å². The van der Waals surface area contributed by atoms with E-state index in [4.69, 9.17) is 22.1 Å². The molecule has 1 saturated heterocycles. The summed E-state index contributed by atoms with van der Waals surface area (Å²) in [7, 11) is 0. The molecule has 0 aromatic heterocycles. The van der Waals surface area contributed by atoms with Crippen molar-refractivity contribution in [3.63, 3.8) is 0 Å². The van der Waals surface area contributed by atoms with E-state index in [0.29, 0.717) is 29.4 Å². The number of nitrogens with zero attached hydrogens (tertiary/aromatic N) is 1. The Hall–Kier alpha value is -1.26. The summed E-state index contributed by atoms with van der Waals surface area (Å²) in [4.78, 5) is 14.6. The number of halogens is 1. The number of carbonyl (C=O) groups excluding carboxylic acids is 1. The highest BCUT2D eigenvalue weighted by Crippen LogP contribution is 2.30. The van der Waals surface area contributed by atoms with Gasteiger partial charge >= 0.3 is 0 Å². The lowest BCUT2D eigenvalue weighted by Gasteiger charge is -2.43. The molecule has 108 valence electrons. The van der Waals surface area contributed by atoms with Crippen LogP contribution in [0.15, 0.2) is 18.2 Å². The van der Waals surface area contributed by atoms with Gasteiger partial charge in [0.1, 0.15) is 0 Å². The smallest absolute Gasteiger partial charge is 0.254 e. The Bertz CT molecular complexity index is 519. The van der Waals surface area contributed by atoms with Crippen LogP contribution >= 0.6 is 11.6 Å². The highest BCUT2D eigenvalue weighted by molar-refractivity contribution is 6.33. The molecule has 2 unspecified atom stereocenters. The molecule has 1 saturated carbocycles. The first-order valence-electron chi connectivity index (χ1n) is 7.14. The normalized spacial score (nSPS) is 26.1. The maximum Gasteiger partial charge on any atom is 0.254 e. The molecule has 2 N–H and O–H groups in total. The number of fused-ring (bicyclic) bond motifs is 1. The van der Waals surface area contributed by atoms with E-state index in [-0.39, 0.29) is 18.1 Å². The number of ether oxygens (including phenoxy) is 1. The van der Waals surface area contributed by atoms with Crippen molar-refractivity contribution >= 4 is 23.2 Å². The fourth-order valence-corrected chi connectivity index (χ4v) is 3.36. The summed E-state index contributed by atoms with van der Waals surface area (Å²) >= 11 is 6.01. The first-order valence-corrected chi connectivity index (χ1v) is 7.52. The number of morpholine rings is 1. The van der Waals surface area contributed by atoms with Crippen molar-refractivity contribution in [2.24, 2.45) is 0 Å². The zero-order valence-electron chi connectivity index (χ0n) is 11.3. The number of rotatable bonds is 1. The van der Waals surface area contributed by atoms with Gasteiger partial charge < -0.3 is 15.4 Å². The molecule has 1 aliphatic heterocycles. The molecular weight excluding hydrogens is 276 g/mol. The zero-order valence-corrected chi connectivity index (χ0v) is 12.1. The third-order valence-electron chi connectivity index (χ3n) is 4.24. The molecule has 20 heavy (non-hydrogen) atoms. The fraction of sp³-hybridized carbons (Fsp3) is 0.533. The maximum atomic E-state index is 12.7. The Balaban J connectivity index is 1.83. The van der Waals surface area contributed by atoms with Gasteiger partial charge in [0.2, 0.25) is 0 Å². The van der Waals surface area contributed by atoms with Gasteiger partial charge in [-0.15, -0.1) is 0 Å². The fourth-order valence-electron chi connectivity index (χ4n) is 3.17. The van der Waals surface area contributed by atoms with Crippen molar-refractivity contribution in [1.82, 2.24) is 4.90 Å². The minimum Gasteiger partial charge on any atom is -0.398 e. The van der Waals surface area contributed by atoms with Crippen LogP contribution in [-0.2, 0) is 4.74 Å². The highest BCUT2D eigenvalue weighted by Gasteiger charge is 2.36. The second kappa shape index (κ2) is 5.62. The topological polar surface area (TPSA) is 55.6 Å². The van der Waals surface area contributed by atoms with Gasteiger partial charge in [-0.05, 0) is 31.0 Å². The molecule has 4 nitrogen and oxygen atoms in total. The van der Waals surface area contributed by atoms with Crippen LogP contribution in [0, 0.1) is 0 Å². The summed E-state index contributed by atoms with van der Waals surface area (Å²) in [6, 6.07) is 5.30. The standard InChI is InChI=1S/C15H19ClN2O2/c16-11-9-10(5-6-12(11)17)15(19)18-7-8-20-14-4-2-1-3-13(14)18/h5-6,9,13-14H,1-4,7-8,17H2. The lowest BCUT2D eigenvalue weighted by Crippen LogP contribution is -2.54. The minimum atomic E-state index is 0.0344. The second-order valence-electron chi connectivity index (χ2n) is 5.50. The van der Waals surface area contributed by atoms with Gasteiger partial charge in [0.05, 0.1) is 29.5 Å². The predicted molar refractivity (Wildman–Crippen MR) is 78.9 cm³/mol. The van der Waals surface area contributed by atoms with Crippen molar-refractivity contribution in [2.75, 3.05) is 18.9 Å². The molecule has 1 amide bonds. The molecule has 1 aromatic rings. The number of nitrogens with two attached hydrogens (primary N) is 1. The van der Waals surface area contributed by atoms with Crippen LogP contribution in [0.5, 0.6) is 0 Å². The van der Waals surface area contributed by atoms with E-state index in [1.54, 1.807) is 18.2 Å². The Kier molecular flexibility index (Phi) is 3.85. The summed E-state index contributed by atoms with van der Waals surface area (Å²) in [5, 5.41) is 0.435. The number of hydrogen-bond acceptors (Lipinski definition) is 3. The molecule has 2 atom stereocenters. The molecule has 0 bridgehead atoms. The van der Waals surface area contributed by atoms with Gasteiger partial charge in [-0.2, -0.15) is 0 Å². The van der Waals surface area contributed by atoms with Crippen LogP contribution in [0.2, 0.25) is 5.02 Å². The third kappa shape index (κ3) is 2.50. The Morgan fingerprint density at radius 2 is 2.15 bits per heavy atom. The summed E-state index contributed by atoms with van der Waals surface area (Å²) < 4.78 is 5.80. The second-order valence-corrected chi connectivity index (χ2v) is 5.90. The van der Waals surface area contributed by atoms with Crippen LogP contribution in [0.4, 0.5) is 5.69 Å². The van der Waals surface area contributed by atoms with E-state index >= 15 is 0 Å². The van der Waals surface area contributed by atoms with E-state index < -0.39 is 0 Å². The first-order chi connectivity index (χ1) is 9.66. The number of hydrogen-bond donors (Lipinski definition) is 1. The van der Waals surface area contributed by atoms with Crippen molar-refractivity contribution < 1.29 is 9.53 Å². The van der Waals surface area contributed by atoms with Gasteiger partial charge in [-0.25, -0.2) is 0 Å². The van der Waals surface area contributed by atoms with Crippen molar-refractivity contribution in [2.45, 2.75) is 37.8 Å². The van der Waals surface area contributed by atoms with Crippen molar-refractivity contribution in [3.05, 3.63) is 28.8 Å². The summed E-state index contributed by atoms with van der Waals surface area (Å²) in [5.41, 5.74) is 6.80. The van der Waals surface area contributed by atoms with Crippen LogP contribution in [0.25, 0.3) is 0 Å². The quantitative estimate of drug-likeness (QED) is 0.810. The summed E-state index contributed by atoms with van der Waals surface area (Å²) in [5.74, 6) is 0.0344. The molecule has 1 heterocycles. The largest absolute Gasteiger partial charge is 0.398 e. The van der Waals surface area contributed by atoms with E-state index in [0.717, 1.165) is 19.3 Å². The molecule has 0 spiro atoms. The van der Waals surface area contributed by atoms with Gasteiger partial charge in [0, 0.05) is 12.1 Å². The lowest BCUT2D eigenvalue weighted by molar-refractivity contribution is -0.0752. The summed E-state index contributed by atoms with van der Waals surface area (Å²) in [6.45, 7) is 1.28. The predicted octanol–water partition coefficient (Wildman–Crippen LogP) is 2.71.